The van der Waals surface area contributed by atoms with Crippen LogP contribution in [0.4, 0.5) is 0 Å². The van der Waals surface area contributed by atoms with E-state index in [2.05, 4.69) is 73.8 Å². The summed E-state index contributed by atoms with van der Waals surface area (Å²) in [5.41, 5.74) is 4.37. The van der Waals surface area contributed by atoms with Crippen LogP contribution in [-0.2, 0) is 48.7 Å². The number of aliphatic hydroxyl groups is 2. The molecule has 2 amide bonds. The molecular weight excluding hydrogens is 753 g/mol. The molecule has 1 saturated carbocycles. The number of aliphatic hydroxyl groups excluding tert-OH is 2. The molecule has 285 valence electrons. The molecule has 2 unspecified atom stereocenters. The summed E-state index contributed by atoms with van der Waals surface area (Å²) in [7, 11) is 0. The molecule has 6 rings (SSSR count). The van der Waals surface area contributed by atoms with Crippen LogP contribution in [0.3, 0.4) is 0 Å². The molecule has 0 bridgehead atoms. The minimum atomic E-state index is -0.377. The molecule has 2 aliphatic heterocycles. The van der Waals surface area contributed by atoms with Crippen LogP contribution < -0.4 is 0 Å². The zero-order valence-electron chi connectivity index (χ0n) is 32.1. The molecule has 2 saturated heterocycles. The Morgan fingerprint density at radius 2 is 1.40 bits per heavy atom. The number of benzene rings is 2. The van der Waals surface area contributed by atoms with Crippen LogP contribution in [-0.4, -0.2) is 44.9 Å². The number of thiophene rings is 1. The molecule has 1 aromatic heterocycles. The number of allylic oxidation sites excluding steroid dienone is 1. The van der Waals surface area contributed by atoms with Crippen LogP contribution in [0.25, 0.3) is 0 Å². The van der Waals surface area contributed by atoms with Crippen molar-refractivity contribution in [2.75, 3.05) is 13.1 Å². The van der Waals surface area contributed by atoms with Gasteiger partial charge in [-0.1, -0.05) is 132 Å². The number of hydrogen-bond donors (Lipinski definition) is 2. The van der Waals surface area contributed by atoms with Crippen molar-refractivity contribution < 1.29 is 52.5 Å². The maximum absolute atomic E-state index is 12.0. The van der Waals surface area contributed by atoms with Gasteiger partial charge >= 0.3 is 0 Å². The SMILES string of the molecule is CCCC/C=C\CN1C(=O)C[C@@H]1c1ccc(C(O)C2CCCCC2)cc1.CCCCCC(O)c1ccc([C@H]2CC(=O)N2CCCc2cc[c-]s2)cc1.[Y]. The first kappa shape index (κ1) is 43.6. The van der Waals surface area contributed by atoms with Crippen LogP contribution in [0.1, 0.15) is 162 Å². The Labute approximate surface area is 348 Å². The molecule has 4 atom stereocenters. The molecule has 2 N–H and O–H groups in total. The van der Waals surface area contributed by atoms with E-state index >= 15 is 0 Å². The molecule has 3 heterocycles. The summed E-state index contributed by atoms with van der Waals surface area (Å²) in [5, 5.41) is 24.0. The fourth-order valence-electron chi connectivity index (χ4n) is 7.80. The van der Waals surface area contributed by atoms with E-state index in [-0.39, 0.29) is 68.8 Å². The summed E-state index contributed by atoms with van der Waals surface area (Å²) in [5.74, 6) is 0.891. The number of likely N-dealkylation sites (tertiary alicyclic amines) is 2. The number of hydrogen-bond acceptors (Lipinski definition) is 5. The third kappa shape index (κ3) is 12.7. The van der Waals surface area contributed by atoms with Crippen molar-refractivity contribution in [3.63, 3.8) is 0 Å². The molecule has 3 aromatic rings. The van der Waals surface area contributed by atoms with Crippen molar-refractivity contribution >= 4 is 23.2 Å². The summed E-state index contributed by atoms with van der Waals surface area (Å²) >= 11 is 1.66. The molecule has 2 aromatic carbocycles. The third-order valence-electron chi connectivity index (χ3n) is 11.2. The van der Waals surface area contributed by atoms with E-state index in [1.165, 1.54) is 54.5 Å². The van der Waals surface area contributed by atoms with Crippen LogP contribution in [0.2, 0.25) is 0 Å². The van der Waals surface area contributed by atoms with E-state index in [0.29, 0.717) is 25.3 Å². The van der Waals surface area contributed by atoms with Crippen LogP contribution in [0.15, 0.2) is 72.8 Å². The summed E-state index contributed by atoms with van der Waals surface area (Å²) in [4.78, 5) is 29.3. The first-order valence-corrected chi connectivity index (χ1v) is 21.0. The monoisotopic (exact) mass is 814 g/mol. The van der Waals surface area contributed by atoms with E-state index in [4.69, 9.17) is 0 Å². The summed E-state index contributed by atoms with van der Waals surface area (Å²) < 4.78 is 0. The largest absolute Gasteiger partial charge is 0.388 e. The standard InChI is InChI=1S/C23H33NO2.C22H28NO2S.Y/c1-2-3-4-5-9-16-24-21(17-22(24)25)18-12-14-20(15-13-18)23(26)19-10-7-6-8-11-19;1-2-3-4-9-21(24)18-12-10-17(11-13-18)20-16-22(25)23(20)14-5-7-19-8-6-15-26-19;/h5,9,12-15,19,21,23,26H,2-4,6-8,10-11,16-17H2,1H3;6,8,10-13,20-21,24H,2-5,7,9,14,16H2,1H3;/q;-1;/b9-5-;;/t21-,23?;20-,21?;/m11./s1. The minimum absolute atomic E-state index is 0. The minimum Gasteiger partial charge on any atom is -0.388 e. The first-order chi connectivity index (χ1) is 25.4. The van der Waals surface area contributed by atoms with E-state index in [9.17, 15) is 19.8 Å². The molecule has 3 fully saturated rings. The second-order valence-electron chi connectivity index (χ2n) is 15.0. The predicted octanol–water partition coefficient (Wildman–Crippen LogP) is 10.4. The fraction of sp³-hybridized carbons (Fsp3) is 0.556. The fourth-order valence-corrected chi connectivity index (χ4v) is 8.47. The Balaban J connectivity index is 0.000000232. The van der Waals surface area contributed by atoms with Gasteiger partial charge in [-0.3, -0.25) is 9.59 Å². The normalized spacial score (nSPS) is 19.9. The first-order valence-electron chi connectivity index (χ1n) is 20.1. The predicted molar refractivity (Wildman–Crippen MR) is 212 cm³/mol. The Morgan fingerprint density at radius 1 is 0.774 bits per heavy atom. The van der Waals surface area contributed by atoms with Gasteiger partial charge in [-0.2, -0.15) is 6.07 Å². The molecule has 3 aliphatic rings. The van der Waals surface area contributed by atoms with Gasteiger partial charge in [-0.15, -0.1) is 10.3 Å². The number of aryl methyl sites for hydroxylation is 1. The zero-order valence-corrected chi connectivity index (χ0v) is 35.8. The topological polar surface area (TPSA) is 81.1 Å². The molecule has 0 spiro atoms. The number of carbonyl (C=O) groups excluding carboxylic acids is 2. The number of unbranched alkanes of at least 4 members (excludes halogenated alkanes) is 4. The van der Waals surface area contributed by atoms with E-state index in [1.807, 2.05) is 28.0 Å². The molecular formula is C45H61N2O4SY-. The Bertz CT molecular complexity index is 1520. The second kappa shape index (κ2) is 23.0. The number of β-lactam (4-membered cyclic amide) rings is 2. The summed E-state index contributed by atoms with van der Waals surface area (Å²) in [6, 6.07) is 21.0. The van der Waals surface area contributed by atoms with Crippen LogP contribution in [0.5, 0.6) is 0 Å². The van der Waals surface area contributed by atoms with Gasteiger partial charge in [-0.05, 0) is 60.3 Å². The third-order valence-corrected chi connectivity index (χ3v) is 12.1. The quantitative estimate of drug-likeness (QED) is 0.0580. The van der Waals surface area contributed by atoms with E-state index < -0.39 is 0 Å². The summed E-state index contributed by atoms with van der Waals surface area (Å²) in [6.45, 7) is 5.88. The van der Waals surface area contributed by atoms with E-state index in [0.717, 1.165) is 69.0 Å². The summed E-state index contributed by atoms with van der Waals surface area (Å²) in [6.07, 6.45) is 20.6. The van der Waals surface area contributed by atoms with Gasteiger partial charge in [0.15, 0.2) is 0 Å². The maximum Gasteiger partial charge on any atom is 0.225 e. The molecule has 6 nitrogen and oxygen atoms in total. The van der Waals surface area contributed by atoms with Crippen molar-refractivity contribution in [1.82, 2.24) is 9.80 Å². The molecule has 8 heteroatoms. The van der Waals surface area contributed by atoms with Crippen molar-refractivity contribution in [1.29, 1.82) is 0 Å². The maximum atomic E-state index is 12.0. The van der Waals surface area contributed by atoms with Gasteiger partial charge in [0.05, 0.1) is 37.1 Å². The molecule has 53 heavy (non-hydrogen) atoms. The zero-order chi connectivity index (χ0) is 36.7. The van der Waals surface area contributed by atoms with Crippen LogP contribution in [0, 0.1) is 11.3 Å². The Hall–Kier alpha value is -2.16. The molecule has 1 radical (unpaired) electrons. The van der Waals surface area contributed by atoms with Crippen molar-refractivity contribution in [3.8, 4) is 0 Å². The van der Waals surface area contributed by atoms with Gasteiger partial charge in [0.1, 0.15) is 0 Å². The number of rotatable bonds is 18. The molecule has 1 aliphatic carbocycles. The number of carbonyl (C=O) groups is 2. The Morgan fingerprint density at radius 3 is 1.98 bits per heavy atom. The van der Waals surface area contributed by atoms with Gasteiger partial charge in [-0.25, -0.2) is 6.07 Å². The van der Waals surface area contributed by atoms with Crippen molar-refractivity contribution in [3.05, 3.63) is 105 Å². The van der Waals surface area contributed by atoms with Gasteiger partial charge in [0.25, 0.3) is 0 Å². The van der Waals surface area contributed by atoms with Gasteiger partial charge in [0.2, 0.25) is 11.8 Å². The smallest absolute Gasteiger partial charge is 0.225 e. The van der Waals surface area contributed by atoms with Gasteiger partial charge in [0, 0.05) is 45.8 Å². The van der Waals surface area contributed by atoms with E-state index in [1.54, 1.807) is 11.3 Å². The van der Waals surface area contributed by atoms with Gasteiger partial charge < -0.3 is 31.3 Å². The number of amides is 2. The van der Waals surface area contributed by atoms with Crippen LogP contribution >= 0.6 is 11.3 Å². The average Bonchev–Trinajstić information content (AvgIpc) is 3.70. The number of nitrogens with zero attached hydrogens (tertiary/aromatic N) is 2. The average molecular weight is 815 g/mol. The Kier molecular flexibility index (Phi) is 18.9. The second-order valence-corrected chi connectivity index (χ2v) is 16.0. The van der Waals surface area contributed by atoms with Crippen molar-refractivity contribution in [2.24, 2.45) is 5.92 Å². The van der Waals surface area contributed by atoms with Crippen molar-refractivity contribution in [2.45, 2.75) is 141 Å².